The highest BCUT2D eigenvalue weighted by molar-refractivity contribution is 5.49. The van der Waals surface area contributed by atoms with Gasteiger partial charge in [0.05, 0.1) is 0 Å². The van der Waals surface area contributed by atoms with E-state index in [2.05, 4.69) is 26.0 Å². The zero-order chi connectivity index (χ0) is 13.1. The molecule has 1 unspecified atom stereocenters. The first-order valence-corrected chi connectivity index (χ1v) is 6.41. The van der Waals surface area contributed by atoms with Gasteiger partial charge in [-0.25, -0.2) is 0 Å². The van der Waals surface area contributed by atoms with E-state index in [4.69, 9.17) is 8.83 Å². The van der Waals surface area contributed by atoms with Crippen molar-refractivity contribution in [1.29, 1.82) is 0 Å². The van der Waals surface area contributed by atoms with E-state index in [9.17, 15) is 0 Å². The third kappa shape index (κ3) is 2.76. The van der Waals surface area contributed by atoms with E-state index in [-0.39, 0.29) is 0 Å². The van der Waals surface area contributed by atoms with E-state index in [1.807, 2.05) is 32.0 Å². The summed E-state index contributed by atoms with van der Waals surface area (Å²) in [5, 5.41) is 0. The molecule has 0 fully saturated rings. The SMILES string of the molecule is CCC(/C(C)=C/c1ccc(C)o1)c1ccc(C)o1. The van der Waals surface area contributed by atoms with Gasteiger partial charge in [0.1, 0.15) is 23.0 Å². The summed E-state index contributed by atoms with van der Waals surface area (Å²) in [5.41, 5.74) is 1.27. The molecule has 18 heavy (non-hydrogen) atoms. The number of hydrogen-bond acceptors (Lipinski definition) is 2. The Balaban J connectivity index is 2.25. The molecule has 0 saturated heterocycles. The summed E-state index contributed by atoms with van der Waals surface area (Å²) in [6.45, 7) is 8.24. The Morgan fingerprint density at radius 1 is 1.11 bits per heavy atom. The van der Waals surface area contributed by atoms with Gasteiger partial charge in [0.15, 0.2) is 0 Å². The number of furan rings is 2. The van der Waals surface area contributed by atoms with Crippen LogP contribution in [0.5, 0.6) is 0 Å². The zero-order valence-corrected chi connectivity index (χ0v) is 11.5. The van der Waals surface area contributed by atoms with Crippen molar-refractivity contribution in [3.8, 4) is 0 Å². The highest BCUT2D eigenvalue weighted by atomic mass is 16.3. The first-order chi connectivity index (χ1) is 8.60. The minimum atomic E-state index is 0.323. The number of hydrogen-bond donors (Lipinski definition) is 0. The number of rotatable bonds is 4. The molecule has 96 valence electrons. The fourth-order valence-corrected chi connectivity index (χ4v) is 2.24. The van der Waals surface area contributed by atoms with Gasteiger partial charge in [-0.1, -0.05) is 12.5 Å². The van der Waals surface area contributed by atoms with Crippen molar-refractivity contribution in [3.05, 3.63) is 52.9 Å². The van der Waals surface area contributed by atoms with Crippen LogP contribution in [0.3, 0.4) is 0 Å². The maximum atomic E-state index is 5.73. The molecule has 2 rings (SSSR count). The van der Waals surface area contributed by atoms with Gasteiger partial charge in [-0.05, 0) is 57.5 Å². The molecule has 0 saturated carbocycles. The van der Waals surface area contributed by atoms with Crippen LogP contribution in [-0.4, -0.2) is 0 Å². The molecule has 0 N–H and O–H groups in total. The van der Waals surface area contributed by atoms with Gasteiger partial charge >= 0.3 is 0 Å². The van der Waals surface area contributed by atoms with Crippen LogP contribution in [0.25, 0.3) is 6.08 Å². The lowest BCUT2D eigenvalue weighted by Gasteiger charge is -2.12. The highest BCUT2D eigenvalue weighted by Crippen LogP contribution is 2.30. The molecule has 2 aromatic rings. The van der Waals surface area contributed by atoms with Gasteiger partial charge < -0.3 is 8.83 Å². The van der Waals surface area contributed by atoms with Crippen LogP contribution >= 0.6 is 0 Å². The van der Waals surface area contributed by atoms with Gasteiger partial charge in [-0.15, -0.1) is 0 Å². The summed E-state index contributed by atoms with van der Waals surface area (Å²) >= 11 is 0. The maximum absolute atomic E-state index is 5.73. The summed E-state index contributed by atoms with van der Waals surface area (Å²) in [6.07, 6.45) is 3.12. The molecule has 2 heteroatoms. The molecule has 0 spiro atoms. The predicted molar refractivity (Wildman–Crippen MR) is 73.6 cm³/mol. The molecule has 0 aliphatic carbocycles. The summed E-state index contributed by atoms with van der Waals surface area (Å²) < 4.78 is 11.3. The van der Waals surface area contributed by atoms with Crippen LogP contribution in [0.2, 0.25) is 0 Å². The van der Waals surface area contributed by atoms with Crippen LogP contribution < -0.4 is 0 Å². The summed E-state index contributed by atoms with van der Waals surface area (Å²) in [6, 6.07) is 8.06. The topological polar surface area (TPSA) is 26.3 Å². The largest absolute Gasteiger partial charge is 0.466 e. The van der Waals surface area contributed by atoms with Gasteiger partial charge in [-0.2, -0.15) is 0 Å². The van der Waals surface area contributed by atoms with E-state index in [0.717, 1.165) is 29.5 Å². The second-order valence-electron chi connectivity index (χ2n) is 4.75. The molecule has 0 amide bonds. The summed E-state index contributed by atoms with van der Waals surface area (Å²) in [5.74, 6) is 4.17. The first-order valence-electron chi connectivity index (χ1n) is 6.41. The zero-order valence-electron chi connectivity index (χ0n) is 11.5. The second kappa shape index (κ2) is 5.30. The summed E-state index contributed by atoms with van der Waals surface area (Å²) in [4.78, 5) is 0. The van der Waals surface area contributed by atoms with Crippen molar-refractivity contribution in [3.63, 3.8) is 0 Å². The molecule has 0 aliphatic heterocycles. The van der Waals surface area contributed by atoms with E-state index in [1.54, 1.807) is 0 Å². The molecule has 2 aromatic heterocycles. The first kappa shape index (κ1) is 12.7. The highest BCUT2D eigenvalue weighted by Gasteiger charge is 2.15. The minimum absolute atomic E-state index is 0.323. The smallest absolute Gasteiger partial charge is 0.127 e. The lowest BCUT2D eigenvalue weighted by Crippen LogP contribution is -1.97. The van der Waals surface area contributed by atoms with Crippen molar-refractivity contribution < 1.29 is 8.83 Å². The van der Waals surface area contributed by atoms with Gasteiger partial charge in [0.25, 0.3) is 0 Å². The van der Waals surface area contributed by atoms with Crippen LogP contribution in [-0.2, 0) is 0 Å². The monoisotopic (exact) mass is 244 g/mol. The van der Waals surface area contributed by atoms with Crippen LogP contribution in [0, 0.1) is 13.8 Å². The number of allylic oxidation sites excluding steroid dienone is 1. The van der Waals surface area contributed by atoms with Crippen molar-refractivity contribution in [2.24, 2.45) is 0 Å². The summed E-state index contributed by atoms with van der Waals surface area (Å²) in [7, 11) is 0. The Bertz CT molecular complexity index is 543. The van der Waals surface area contributed by atoms with Crippen molar-refractivity contribution in [2.45, 2.75) is 40.0 Å². The van der Waals surface area contributed by atoms with E-state index in [1.165, 1.54) is 5.57 Å². The maximum Gasteiger partial charge on any atom is 0.127 e. The molecular weight excluding hydrogens is 224 g/mol. The van der Waals surface area contributed by atoms with Crippen molar-refractivity contribution in [2.75, 3.05) is 0 Å². The lowest BCUT2D eigenvalue weighted by molar-refractivity contribution is 0.456. The quantitative estimate of drug-likeness (QED) is 0.749. The fraction of sp³-hybridized carbons (Fsp3) is 0.375. The van der Waals surface area contributed by atoms with E-state index >= 15 is 0 Å². The third-order valence-electron chi connectivity index (χ3n) is 3.19. The third-order valence-corrected chi connectivity index (χ3v) is 3.19. The van der Waals surface area contributed by atoms with Crippen molar-refractivity contribution in [1.82, 2.24) is 0 Å². The Labute approximate surface area is 108 Å². The average molecular weight is 244 g/mol. The van der Waals surface area contributed by atoms with E-state index in [0.29, 0.717) is 5.92 Å². The molecule has 2 nitrogen and oxygen atoms in total. The Morgan fingerprint density at radius 3 is 2.28 bits per heavy atom. The van der Waals surface area contributed by atoms with Gasteiger partial charge in [-0.3, -0.25) is 0 Å². The Kier molecular flexibility index (Phi) is 3.75. The van der Waals surface area contributed by atoms with Crippen LogP contribution in [0.15, 0.2) is 38.7 Å². The second-order valence-corrected chi connectivity index (χ2v) is 4.75. The van der Waals surface area contributed by atoms with Gasteiger partial charge in [0.2, 0.25) is 0 Å². The molecule has 0 bridgehead atoms. The van der Waals surface area contributed by atoms with Gasteiger partial charge in [0, 0.05) is 5.92 Å². The normalized spacial score (nSPS) is 13.9. The standard InChI is InChI=1S/C16H20O2/c1-5-15(16-9-7-13(4)18-16)11(2)10-14-8-6-12(3)17-14/h6-10,15H,5H2,1-4H3/b11-10+. The molecule has 0 aromatic carbocycles. The molecule has 0 aliphatic rings. The molecule has 0 radical (unpaired) electrons. The number of aryl methyl sites for hydroxylation is 2. The lowest BCUT2D eigenvalue weighted by atomic mass is 9.94. The Morgan fingerprint density at radius 2 is 1.78 bits per heavy atom. The molecule has 1 atom stereocenters. The molecular formula is C16H20O2. The fourth-order valence-electron chi connectivity index (χ4n) is 2.24. The van der Waals surface area contributed by atoms with Crippen molar-refractivity contribution >= 4 is 6.08 Å². The van der Waals surface area contributed by atoms with E-state index < -0.39 is 0 Å². The predicted octanol–water partition coefficient (Wildman–Crippen LogP) is 5.09. The average Bonchev–Trinajstić information content (AvgIpc) is 2.89. The molecule has 2 heterocycles. The Hall–Kier alpha value is -1.70. The van der Waals surface area contributed by atoms with Crippen LogP contribution in [0.1, 0.15) is 49.2 Å². The minimum Gasteiger partial charge on any atom is -0.466 e. The van der Waals surface area contributed by atoms with Crippen LogP contribution in [0.4, 0.5) is 0 Å².